The number of amides is 1. The van der Waals surface area contributed by atoms with Crippen LogP contribution in [0.4, 0.5) is 5.13 Å². The SMILES string of the molecule is CC1CCN(Cc2csc(NC(=O)c3cccc(S(=O)(=O)N4CC(C)CC(C)C4)c3)n2)CC1. The lowest BCUT2D eigenvalue weighted by molar-refractivity contribution is 0.102. The molecule has 1 aromatic carbocycles. The van der Waals surface area contributed by atoms with Gasteiger partial charge in [-0.3, -0.25) is 15.0 Å². The van der Waals surface area contributed by atoms with Crippen LogP contribution in [0, 0.1) is 17.8 Å². The first-order valence-electron chi connectivity index (χ1n) is 11.8. The van der Waals surface area contributed by atoms with Crippen molar-refractivity contribution in [2.45, 2.75) is 51.5 Å². The van der Waals surface area contributed by atoms with Crippen LogP contribution in [0.3, 0.4) is 0 Å². The van der Waals surface area contributed by atoms with Crippen molar-refractivity contribution >= 4 is 32.4 Å². The zero-order valence-electron chi connectivity index (χ0n) is 19.7. The molecule has 2 saturated heterocycles. The van der Waals surface area contributed by atoms with Crippen LogP contribution in [-0.4, -0.2) is 54.7 Å². The number of anilines is 1. The molecule has 2 unspecified atom stereocenters. The Morgan fingerprint density at radius 1 is 1.12 bits per heavy atom. The van der Waals surface area contributed by atoms with Crippen molar-refractivity contribution in [3.05, 3.63) is 40.9 Å². The molecule has 1 N–H and O–H groups in total. The second-order valence-corrected chi connectivity index (χ2v) is 12.6. The summed E-state index contributed by atoms with van der Waals surface area (Å²) < 4.78 is 28.0. The van der Waals surface area contributed by atoms with E-state index < -0.39 is 10.0 Å². The van der Waals surface area contributed by atoms with Gasteiger partial charge in [-0.1, -0.05) is 26.8 Å². The molecule has 7 nitrogen and oxygen atoms in total. The van der Waals surface area contributed by atoms with Crippen molar-refractivity contribution in [1.29, 1.82) is 0 Å². The first-order chi connectivity index (χ1) is 15.7. The second-order valence-electron chi connectivity index (χ2n) is 9.85. The number of nitrogens with one attached hydrogen (secondary N) is 1. The Kier molecular flexibility index (Phi) is 7.53. The van der Waals surface area contributed by atoms with E-state index in [9.17, 15) is 13.2 Å². The monoisotopic (exact) mass is 490 g/mol. The zero-order valence-corrected chi connectivity index (χ0v) is 21.3. The third-order valence-corrected chi connectivity index (χ3v) is 9.24. The normalized spacial score (nSPS) is 23.5. The number of nitrogens with zero attached hydrogens (tertiary/aromatic N) is 3. The van der Waals surface area contributed by atoms with Gasteiger partial charge >= 0.3 is 0 Å². The van der Waals surface area contributed by atoms with Crippen LogP contribution >= 0.6 is 11.3 Å². The van der Waals surface area contributed by atoms with E-state index in [2.05, 4.69) is 36.0 Å². The molecule has 4 rings (SSSR count). The minimum atomic E-state index is -3.64. The number of aromatic nitrogens is 1. The van der Waals surface area contributed by atoms with E-state index in [0.29, 0.717) is 35.6 Å². The zero-order chi connectivity index (χ0) is 23.6. The van der Waals surface area contributed by atoms with Gasteiger partial charge in [0, 0.05) is 30.6 Å². The number of thiazole rings is 1. The molecule has 9 heteroatoms. The largest absolute Gasteiger partial charge is 0.298 e. The van der Waals surface area contributed by atoms with Crippen LogP contribution in [0.25, 0.3) is 0 Å². The maximum Gasteiger partial charge on any atom is 0.257 e. The predicted octanol–water partition coefficient (Wildman–Crippen LogP) is 4.29. The minimum absolute atomic E-state index is 0.163. The number of hydrogen-bond donors (Lipinski definition) is 1. The molecule has 2 aromatic rings. The molecular weight excluding hydrogens is 456 g/mol. The van der Waals surface area contributed by atoms with Crippen molar-refractivity contribution in [3.8, 4) is 0 Å². The molecule has 0 aliphatic carbocycles. The molecule has 2 fully saturated rings. The molecule has 180 valence electrons. The Labute approximate surface area is 201 Å². The fraction of sp³-hybridized carbons (Fsp3) is 0.583. The van der Waals surface area contributed by atoms with E-state index in [-0.39, 0.29) is 10.8 Å². The Bertz CT molecular complexity index is 1070. The Morgan fingerprint density at radius 3 is 2.52 bits per heavy atom. The number of carbonyl (C=O) groups excluding carboxylic acids is 1. The molecular formula is C24H34N4O3S2. The van der Waals surface area contributed by atoms with E-state index >= 15 is 0 Å². The quantitative estimate of drug-likeness (QED) is 0.653. The van der Waals surface area contributed by atoms with E-state index in [4.69, 9.17) is 0 Å². The first-order valence-corrected chi connectivity index (χ1v) is 14.1. The smallest absolute Gasteiger partial charge is 0.257 e. The van der Waals surface area contributed by atoms with Gasteiger partial charge in [-0.25, -0.2) is 13.4 Å². The van der Waals surface area contributed by atoms with Crippen molar-refractivity contribution in [2.75, 3.05) is 31.5 Å². The number of likely N-dealkylation sites (tertiary alicyclic amines) is 1. The average Bonchev–Trinajstić information content (AvgIpc) is 3.21. The van der Waals surface area contributed by atoms with Gasteiger partial charge in [-0.15, -0.1) is 11.3 Å². The van der Waals surface area contributed by atoms with Crippen LogP contribution in [0.2, 0.25) is 0 Å². The standard InChI is InChI=1S/C24H34N4O3S2/c1-17-7-9-27(10-8-17)15-21-16-32-24(25-21)26-23(29)20-5-4-6-22(12-20)33(30,31)28-13-18(2)11-19(3)14-28/h4-6,12,16-19H,7-11,13-15H2,1-3H3,(H,25,26,29). The lowest BCUT2D eigenvalue weighted by Gasteiger charge is -2.34. The van der Waals surface area contributed by atoms with E-state index in [1.807, 2.05) is 5.38 Å². The van der Waals surface area contributed by atoms with Gasteiger partial charge in [-0.2, -0.15) is 4.31 Å². The molecule has 0 radical (unpaired) electrons. The van der Waals surface area contributed by atoms with Crippen LogP contribution in [0.1, 0.15) is 56.1 Å². The van der Waals surface area contributed by atoms with Crippen molar-refractivity contribution < 1.29 is 13.2 Å². The highest BCUT2D eigenvalue weighted by atomic mass is 32.2. The van der Waals surface area contributed by atoms with Gasteiger partial charge in [-0.05, 0) is 68.3 Å². The number of rotatable bonds is 6. The third kappa shape index (κ3) is 6.01. The van der Waals surface area contributed by atoms with E-state index in [1.165, 1.54) is 30.2 Å². The Morgan fingerprint density at radius 2 is 1.82 bits per heavy atom. The molecule has 33 heavy (non-hydrogen) atoms. The third-order valence-electron chi connectivity index (χ3n) is 6.60. The Hall–Kier alpha value is -1.81. The summed E-state index contributed by atoms with van der Waals surface area (Å²) in [6.07, 6.45) is 3.45. The van der Waals surface area contributed by atoms with Crippen molar-refractivity contribution in [2.24, 2.45) is 17.8 Å². The lowest BCUT2D eigenvalue weighted by Crippen LogP contribution is -2.42. The molecule has 2 atom stereocenters. The first kappa shape index (κ1) is 24.3. The number of carbonyl (C=O) groups is 1. The lowest BCUT2D eigenvalue weighted by atomic mass is 9.94. The summed E-state index contributed by atoms with van der Waals surface area (Å²) in [5.41, 5.74) is 1.27. The maximum absolute atomic E-state index is 13.2. The number of benzene rings is 1. The summed E-state index contributed by atoms with van der Waals surface area (Å²) in [7, 11) is -3.64. The van der Waals surface area contributed by atoms with Crippen LogP contribution in [0.15, 0.2) is 34.5 Å². The fourth-order valence-corrected chi connectivity index (χ4v) is 7.23. The number of sulfonamides is 1. The van der Waals surface area contributed by atoms with E-state index in [0.717, 1.165) is 37.7 Å². The van der Waals surface area contributed by atoms with Gasteiger partial charge in [0.2, 0.25) is 10.0 Å². The summed E-state index contributed by atoms with van der Waals surface area (Å²) in [4.78, 5) is 20.0. The van der Waals surface area contributed by atoms with Crippen LogP contribution in [-0.2, 0) is 16.6 Å². The fourth-order valence-electron chi connectivity index (χ4n) is 4.80. The van der Waals surface area contributed by atoms with Crippen LogP contribution in [0.5, 0.6) is 0 Å². The van der Waals surface area contributed by atoms with E-state index in [1.54, 1.807) is 22.5 Å². The predicted molar refractivity (Wildman–Crippen MR) is 132 cm³/mol. The molecule has 1 aromatic heterocycles. The van der Waals surface area contributed by atoms with Crippen LogP contribution < -0.4 is 5.32 Å². The summed E-state index contributed by atoms with van der Waals surface area (Å²) in [6.45, 7) is 10.4. The summed E-state index contributed by atoms with van der Waals surface area (Å²) in [5, 5.41) is 5.35. The highest BCUT2D eigenvalue weighted by Gasteiger charge is 2.32. The topological polar surface area (TPSA) is 82.6 Å². The summed E-state index contributed by atoms with van der Waals surface area (Å²) in [5.74, 6) is 1.08. The minimum Gasteiger partial charge on any atom is -0.298 e. The molecule has 3 heterocycles. The van der Waals surface area contributed by atoms with Gasteiger partial charge < -0.3 is 0 Å². The molecule has 0 saturated carbocycles. The Balaban J connectivity index is 1.41. The van der Waals surface area contributed by atoms with Gasteiger partial charge in [0.15, 0.2) is 5.13 Å². The summed E-state index contributed by atoms with van der Waals surface area (Å²) >= 11 is 1.40. The van der Waals surface area contributed by atoms with Gasteiger partial charge in [0.05, 0.1) is 10.6 Å². The molecule has 0 bridgehead atoms. The molecule has 0 spiro atoms. The average molecular weight is 491 g/mol. The molecule has 2 aliphatic heterocycles. The van der Waals surface area contributed by atoms with Crippen molar-refractivity contribution in [1.82, 2.24) is 14.2 Å². The van der Waals surface area contributed by atoms with Crippen molar-refractivity contribution in [3.63, 3.8) is 0 Å². The highest BCUT2D eigenvalue weighted by molar-refractivity contribution is 7.89. The summed E-state index contributed by atoms with van der Waals surface area (Å²) in [6, 6.07) is 6.30. The second kappa shape index (κ2) is 10.2. The molecule has 1 amide bonds. The number of hydrogen-bond acceptors (Lipinski definition) is 6. The molecule has 2 aliphatic rings. The van der Waals surface area contributed by atoms with Gasteiger partial charge in [0.25, 0.3) is 5.91 Å². The highest BCUT2D eigenvalue weighted by Crippen LogP contribution is 2.27. The number of piperidine rings is 2. The van der Waals surface area contributed by atoms with Gasteiger partial charge in [0.1, 0.15) is 0 Å². The maximum atomic E-state index is 13.2.